The lowest BCUT2D eigenvalue weighted by Gasteiger charge is -2.44. The minimum absolute atomic E-state index is 0.0766. The summed E-state index contributed by atoms with van der Waals surface area (Å²) in [6, 6.07) is 0. The lowest BCUT2D eigenvalue weighted by molar-refractivity contribution is -0.308. The highest BCUT2D eigenvalue weighted by atomic mass is 28.4. The van der Waals surface area contributed by atoms with Crippen molar-refractivity contribution in [2.45, 2.75) is 394 Å². The van der Waals surface area contributed by atoms with Crippen LogP contribution in [0.25, 0.3) is 0 Å². The molecule has 0 saturated carbocycles. The third-order valence-electron chi connectivity index (χ3n) is 23.4. The van der Waals surface area contributed by atoms with E-state index < -0.39 is 216 Å². The van der Waals surface area contributed by atoms with Crippen LogP contribution in [-0.2, 0) is 166 Å². The summed E-state index contributed by atoms with van der Waals surface area (Å²) in [5.74, 6) is -8.86. The molecular weight excluding hydrogens is 1910 g/mol. The third kappa shape index (κ3) is 59.4. The molecule has 3 heterocycles. The Morgan fingerprint density at radius 2 is 0.431 bits per heavy atom. The van der Waals surface area contributed by atoms with E-state index in [1.807, 2.05) is 0 Å². The van der Waals surface area contributed by atoms with Crippen LogP contribution >= 0.6 is 0 Å². The van der Waals surface area contributed by atoms with Gasteiger partial charge in [0.1, 0.15) is 38.1 Å². The van der Waals surface area contributed by atoms with E-state index in [2.05, 4.69) is 64.9 Å². The number of nitrogens with zero attached hydrogens (tertiary/aromatic N) is 2. The molecule has 3 saturated heterocycles. The van der Waals surface area contributed by atoms with Crippen LogP contribution in [-0.4, -0.2) is 344 Å². The molecule has 3 fully saturated rings. The summed E-state index contributed by atoms with van der Waals surface area (Å²) in [7, 11) is -1.72. The van der Waals surface area contributed by atoms with Gasteiger partial charge in [0, 0.05) is 136 Å². The first kappa shape index (κ1) is 129. The molecule has 3 aliphatic heterocycles. The maximum absolute atomic E-state index is 13.0. The predicted molar refractivity (Wildman–Crippen MR) is 516 cm³/mol. The van der Waals surface area contributed by atoms with E-state index in [1.54, 1.807) is 0 Å². The van der Waals surface area contributed by atoms with Crippen molar-refractivity contribution in [1.29, 1.82) is 0 Å². The average Bonchev–Trinajstić information content (AvgIpc) is 0.792. The van der Waals surface area contributed by atoms with Crippen molar-refractivity contribution < 1.29 is 185 Å². The van der Waals surface area contributed by atoms with Crippen molar-refractivity contribution >= 4 is 104 Å². The number of esters is 12. The molecule has 0 aromatic rings. The van der Waals surface area contributed by atoms with Crippen LogP contribution in [0.1, 0.15) is 284 Å². The van der Waals surface area contributed by atoms with Crippen molar-refractivity contribution in [3.05, 3.63) is 0 Å². The molecular formula is C98H168N6O39Si. The Kier molecular flexibility index (Phi) is 66.6. The molecule has 4 N–H and O–H groups in total. The minimum atomic E-state index is -1.72. The number of amides is 4. The van der Waals surface area contributed by atoms with Gasteiger partial charge in [-0.3, -0.25) is 57.5 Å². The largest absolute Gasteiger partial charge is 0.463 e. The number of carbonyl (C=O) groups excluding carboxylic acids is 16. The number of alkyl carbamates (subject to hydrolysis) is 4. The molecule has 0 aliphatic carbocycles. The molecule has 0 radical (unpaired) electrons. The summed E-state index contributed by atoms with van der Waals surface area (Å²) in [5, 5.41) is 11.6. The van der Waals surface area contributed by atoms with Crippen LogP contribution < -0.4 is 21.3 Å². The fourth-order valence-corrected chi connectivity index (χ4v) is 16.7. The smallest absolute Gasteiger partial charge is 0.407 e. The van der Waals surface area contributed by atoms with E-state index in [0.717, 1.165) is 114 Å². The average molecular weight is 2080 g/mol. The van der Waals surface area contributed by atoms with Crippen molar-refractivity contribution in [3.63, 3.8) is 0 Å². The molecule has 0 unspecified atom stereocenters. The second-order valence-corrected chi connectivity index (χ2v) is 42.1. The van der Waals surface area contributed by atoms with Crippen LogP contribution in [0, 0.1) is 0 Å². The van der Waals surface area contributed by atoms with Crippen LogP contribution in [0.3, 0.4) is 0 Å². The number of hydrogen-bond donors (Lipinski definition) is 4. The molecule has 0 aromatic heterocycles. The molecule has 0 spiro atoms. The molecule has 46 heteroatoms. The Morgan fingerprint density at radius 3 is 0.646 bits per heavy atom. The first-order valence-electron chi connectivity index (χ1n) is 50.9. The van der Waals surface area contributed by atoms with Crippen LogP contribution in [0.5, 0.6) is 0 Å². The zero-order chi connectivity index (χ0) is 107. The number of unbranched alkanes of at least 4 members (excludes halogenated alkanes) is 19. The van der Waals surface area contributed by atoms with Gasteiger partial charge in [-0.05, 0) is 167 Å². The van der Waals surface area contributed by atoms with Crippen LogP contribution in [0.2, 0.25) is 18.1 Å². The number of rotatable bonds is 74. The molecule has 15 atom stereocenters. The van der Waals surface area contributed by atoms with E-state index >= 15 is 0 Å². The van der Waals surface area contributed by atoms with E-state index in [-0.39, 0.29) is 57.8 Å². The fraction of sp³-hybridized carbons (Fsp3) is 0.837. The minimum Gasteiger partial charge on any atom is -0.463 e. The lowest BCUT2D eigenvalue weighted by atomic mass is 9.98. The van der Waals surface area contributed by atoms with Crippen molar-refractivity contribution in [3.8, 4) is 0 Å². The molecule has 828 valence electrons. The van der Waals surface area contributed by atoms with Gasteiger partial charge in [-0.2, -0.15) is 0 Å². The van der Waals surface area contributed by atoms with Crippen molar-refractivity contribution in [1.82, 2.24) is 31.1 Å². The third-order valence-corrected chi connectivity index (χ3v) is 28.0. The highest BCUT2D eigenvalue weighted by Gasteiger charge is 2.56. The maximum atomic E-state index is 13.0. The molecule has 4 amide bonds. The quantitative estimate of drug-likeness (QED) is 0.0190. The predicted octanol–water partition coefficient (Wildman–Crippen LogP) is 10.7. The summed E-state index contributed by atoms with van der Waals surface area (Å²) < 4.78 is 129. The Hall–Kier alpha value is -9.42. The van der Waals surface area contributed by atoms with E-state index in [0.29, 0.717) is 162 Å². The van der Waals surface area contributed by atoms with Gasteiger partial charge in [-0.25, -0.2) is 19.2 Å². The summed E-state index contributed by atoms with van der Waals surface area (Å²) in [4.78, 5) is 202. The Morgan fingerprint density at radius 1 is 0.236 bits per heavy atom. The van der Waals surface area contributed by atoms with Gasteiger partial charge in [-0.15, -0.1) is 0 Å². The zero-order valence-corrected chi connectivity index (χ0v) is 89.1. The van der Waals surface area contributed by atoms with Crippen LogP contribution in [0.15, 0.2) is 0 Å². The standard InChI is InChI=1S/C98H168N6O39Si/c1-67(105)128-64-79-82(132-70(4)108)85(135-73(7)111)88(138-76(10)114)91(141-79)121-56-34-26-29-38-60-125-95(118)100-47-43-53-103(52-42-46-99-94(117)124-59-37-24-22-20-18-19-21-23-25-41-63-131-144(16,17)98(13,14)15)50-32-33-51-104(54-44-48-101-96(119)126-61-39-30-27-35-57-122-92-89(139-77(11)115)86(136-74(8)112)83(133-71(5)109)80(142-92)65-129-68(2)106)55-45-49-102-97(120)127-62-40-31-28-36-58-123-93-90(140-78(12)116)87(137-75(9)113)84(134-72(6)110)81(143-93)66-130-69(3)107/h79-93H,18-66H2,1-17H3,(H,99,117)(H,100,118)(H,101,119)(H,102,120)/t79-,80-,81-,82+,83+,84+,85+,86+,87+,88-,89-,90-,91-,92-,93-/m1/s1. The SMILES string of the molecule is CC(=O)OC[C@H]1O[C@@H](OCCCCCCOC(=O)NCCCN(CCCCN(CCCNC(=O)OCCCCCCO[C@@H]2O[C@H](COC(C)=O)[C@H](OC(C)=O)[C@H](OC(C)=O)[C@H]2OC(C)=O)CCCNC(=O)OCCCCCCO[C@@H]2O[C@H](COC(C)=O)[C@H](OC(C)=O)[C@H](OC(C)=O)[C@H]2OC(C)=O)CCCNC(=O)OCCCCCCCCCCCCO[Si](C)(C)C(C)(C)C)[C@H](OC(C)=O)[C@@H](OC(C)=O)[C@H]1OC(C)=O. The highest BCUT2D eigenvalue weighted by Crippen LogP contribution is 2.38. The monoisotopic (exact) mass is 2080 g/mol. The van der Waals surface area contributed by atoms with E-state index in [9.17, 15) is 76.7 Å². The van der Waals surface area contributed by atoms with Gasteiger partial charge < -0.3 is 140 Å². The van der Waals surface area contributed by atoms with Gasteiger partial charge in [0.05, 0.1) is 26.4 Å². The van der Waals surface area contributed by atoms with Gasteiger partial charge in [0.2, 0.25) is 0 Å². The maximum Gasteiger partial charge on any atom is 0.407 e. The first-order valence-corrected chi connectivity index (χ1v) is 53.8. The summed E-state index contributed by atoms with van der Waals surface area (Å²) in [6.45, 7) is 30.5. The van der Waals surface area contributed by atoms with Gasteiger partial charge in [0.25, 0.3) is 0 Å². The number of nitrogens with one attached hydrogen (secondary N) is 4. The highest BCUT2D eigenvalue weighted by molar-refractivity contribution is 6.74. The normalized spacial score (nSPS) is 20.9. The fourth-order valence-electron chi connectivity index (χ4n) is 15.6. The van der Waals surface area contributed by atoms with Crippen molar-refractivity contribution in [2.75, 3.05) is 138 Å². The molecule has 144 heavy (non-hydrogen) atoms. The summed E-state index contributed by atoms with van der Waals surface area (Å²) in [6.07, 6.45) is -0.343. The Bertz CT molecular complexity index is 3660. The summed E-state index contributed by atoms with van der Waals surface area (Å²) in [5.41, 5.74) is 0. The molecule has 3 rings (SSSR count). The van der Waals surface area contributed by atoms with Gasteiger partial charge >= 0.3 is 96.0 Å². The van der Waals surface area contributed by atoms with E-state index in [4.69, 9.17) is 109 Å². The zero-order valence-electron chi connectivity index (χ0n) is 88.1. The number of carbonyl (C=O) groups is 16. The molecule has 3 aliphatic rings. The van der Waals surface area contributed by atoms with Crippen LogP contribution in [0.4, 0.5) is 19.2 Å². The molecule has 45 nitrogen and oxygen atoms in total. The molecule has 0 bridgehead atoms. The Labute approximate surface area is 849 Å². The number of hydrogen-bond acceptors (Lipinski definition) is 41. The first-order chi connectivity index (χ1) is 68.5. The van der Waals surface area contributed by atoms with E-state index in [1.165, 1.54) is 52.9 Å². The number of ether oxygens (including phenoxy) is 22. The topological polar surface area (TPSA) is 540 Å². The van der Waals surface area contributed by atoms with Gasteiger partial charge in [-0.1, -0.05) is 91.4 Å². The Balaban J connectivity index is 1.65. The second kappa shape index (κ2) is 74.5. The second-order valence-electron chi connectivity index (χ2n) is 37.3. The summed E-state index contributed by atoms with van der Waals surface area (Å²) >= 11 is 0. The van der Waals surface area contributed by atoms with Gasteiger partial charge in [0.15, 0.2) is 82.1 Å². The van der Waals surface area contributed by atoms with Crippen molar-refractivity contribution in [2.24, 2.45) is 0 Å². The molecule has 0 aromatic carbocycles. The lowest BCUT2D eigenvalue weighted by Crippen LogP contribution is -2.63.